The van der Waals surface area contributed by atoms with Gasteiger partial charge in [0.2, 0.25) is 17.7 Å². The molecule has 0 aliphatic heterocycles. The molecule has 7 heteroatoms. The van der Waals surface area contributed by atoms with E-state index in [1.54, 1.807) is 32.2 Å². The summed E-state index contributed by atoms with van der Waals surface area (Å²) < 4.78 is 5.35. The molecule has 0 aliphatic rings. The Hall–Kier alpha value is -2.31. The average Bonchev–Trinajstić information content (AvgIpc) is 2.96. The highest BCUT2D eigenvalue weighted by atomic mass is 16.3. The highest BCUT2D eigenvalue weighted by Crippen LogP contribution is 2.21. The van der Waals surface area contributed by atoms with Gasteiger partial charge in [-0.05, 0) is 31.9 Å². The molecule has 0 spiro atoms. The summed E-state index contributed by atoms with van der Waals surface area (Å²) in [6.45, 7) is 8.41. The van der Waals surface area contributed by atoms with Gasteiger partial charge in [-0.2, -0.15) is 0 Å². The maximum absolute atomic E-state index is 12.3. The predicted molar refractivity (Wildman–Crippen MR) is 85.3 cm³/mol. The van der Waals surface area contributed by atoms with Crippen molar-refractivity contribution in [2.75, 3.05) is 0 Å². The Morgan fingerprint density at radius 1 is 0.957 bits per heavy atom. The van der Waals surface area contributed by atoms with Crippen molar-refractivity contribution in [2.45, 2.75) is 52.7 Å². The Labute approximate surface area is 136 Å². The van der Waals surface area contributed by atoms with Crippen molar-refractivity contribution >= 4 is 17.7 Å². The van der Waals surface area contributed by atoms with Gasteiger partial charge in [0.25, 0.3) is 0 Å². The monoisotopic (exact) mass is 323 g/mol. The van der Waals surface area contributed by atoms with Gasteiger partial charge in [-0.1, -0.05) is 13.8 Å². The third-order valence-electron chi connectivity index (χ3n) is 3.38. The van der Waals surface area contributed by atoms with Gasteiger partial charge >= 0.3 is 0 Å². The van der Waals surface area contributed by atoms with E-state index in [1.165, 1.54) is 6.92 Å². The lowest BCUT2D eigenvalue weighted by Crippen LogP contribution is -2.52. The molecule has 3 N–H and O–H groups in total. The summed E-state index contributed by atoms with van der Waals surface area (Å²) in [4.78, 5) is 35.1. The number of furan rings is 1. The summed E-state index contributed by atoms with van der Waals surface area (Å²) in [7, 11) is 0. The molecule has 0 aromatic carbocycles. The molecule has 0 radical (unpaired) electrons. The van der Waals surface area contributed by atoms with Gasteiger partial charge in [0.1, 0.15) is 17.8 Å². The molecule has 1 aromatic heterocycles. The van der Waals surface area contributed by atoms with Crippen LogP contribution in [0.5, 0.6) is 0 Å². The summed E-state index contributed by atoms with van der Waals surface area (Å²) in [5.41, 5.74) is 0. The number of hydrogen-bond acceptors (Lipinski definition) is 4. The van der Waals surface area contributed by atoms with Gasteiger partial charge in [-0.3, -0.25) is 14.4 Å². The fourth-order valence-corrected chi connectivity index (χ4v) is 2.09. The number of rotatable bonds is 7. The number of carbonyl (C=O) groups excluding carboxylic acids is 3. The van der Waals surface area contributed by atoms with E-state index in [4.69, 9.17) is 4.42 Å². The van der Waals surface area contributed by atoms with E-state index in [-0.39, 0.29) is 23.8 Å². The molecule has 23 heavy (non-hydrogen) atoms. The molecular weight excluding hydrogens is 298 g/mol. The van der Waals surface area contributed by atoms with Crippen molar-refractivity contribution in [2.24, 2.45) is 5.92 Å². The first kappa shape index (κ1) is 18.7. The van der Waals surface area contributed by atoms with Crippen LogP contribution in [0.3, 0.4) is 0 Å². The number of hydrogen-bond donors (Lipinski definition) is 3. The molecule has 3 unspecified atom stereocenters. The molecule has 0 fully saturated rings. The Kier molecular flexibility index (Phi) is 6.81. The maximum Gasteiger partial charge on any atom is 0.242 e. The van der Waals surface area contributed by atoms with Gasteiger partial charge in [-0.15, -0.1) is 0 Å². The van der Waals surface area contributed by atoms with Crippen molar-refractivity contribution in [1.29, 1.82) is 0 Å². The first-order chi connectivity index (χ1) is 10.7. The summed E-state index contributed by atoms with van der Waals surface area (Å²) >= 11 is 0. The predicted octanol–water partition coefficient (Wildman–Crippen LogP) is 1.12. The second kappa shape index (κ2) is 8.36. The Morgan fingerprint density at radius 3 is 2.00 bits per heavy atom. The molecule has 1 heterocycles. The standard InChI is InChI=1S/C16H25N3O4/c1-9(2)14(13-7-6-8-23-13)19-16(22)11(4)18-15(21)10(3)17-12(5)20/h6-11,14H,1-5H3,(H,17,20)(H,18,21)(H,19,22). The van der Waals surface area contributed by atoms with Crippen LogP contribution >= 0.6 is 0 Å². The second-order valence-electron chi connectivity index (χ2n) is 5.90. The van der Waals surface area contributed by atoms with Crippen LogP contribution in [0.25, 0.3) is 0 Å². The van der Waals surface area contributed by atoms with Crippen LogP contribution in [0.2, 0.25) is 0 Å². The Bertz CT molecular complexity index is 540. The van der Waals surface area contributed by atoms with Gasteiger partial charge in [0.05, 0.1) is 12.3 Å². The zero-order valence-corrected chi connectivity index (χ0v) is 14.2. The normalized spacial score (nSPS) is 14.7. The van der Waals surface area contributed by atoms with Crippen molar-refractivity contribution < 1.29 is 18.8 Å². The van der Waals surface area contributed by atoms with E-state index in [1.807, 2.05) is 13.8 Å². The van der Waals surface area contributed by atoms with Gasteiger partial charge in [0.15, 0.2) is 0 Å². The quantitative estimate of drug-likeness (QED) is 0.700. The molecule has 0 aliphatic carbocycles. The fourth-order valence-electron chi connectivity index (χ4n) is 2.09. The summed E-state index contributed by atoms with van der Waals surface area (Å²) in [5, 5.41) is 7.92. The zero-order valence-electron chi connectivity index (χ0n) is 14.2. The SMILES string of the molecule is CC(=O)NC(C)C(=O)NC(C)C(=O)NC(c1ccco1)C(C)C. The van der Waals surface area contributed by atoms with Crippen LogP contribution in [0.15, 0.2) is 22.8 Å². The highest BCUT2D eigenvalue weighted by molar-refractivity contribution is 5.91. The minimum atomic E-state index is -0.727. The van der Waals surface area contributed by atoms with Gasteiger partial charge in [-0.25, -0.2) is 0 Å². The number of amides is 3. The van der Waals surface area contributed by atoms with E-state index < -0.39 is 18.0 Å². The number of nitrogens with one attached hydrogen (secondary N) is 3. The molecular formula is C16H25N3O4. The molecule has 1 rings (SSSR count). The van der Waals surface area contributed by atoms with Crippen molar-refractivity contribution in [1.82, 2.24) is 16.0 Å². The average molecular weight is 323 g/mol. The Balaban J connectivity index is 2.62. The van der Waals surface area contributed by atoms with E-state index in [0.29, 0.717) is 5.76 Å². The third kappa shape index (κ3) is 5.77. The molecule has 7 nitrogen and oxygen atoms in total. The molecule has 3 amide bonds. The largest absolute Gasteiger partial charge is 0.467 e. The second-order valence-corrected chi connectivity index (χ2v) is 5.90. The molecule has 3 atom stereocenters. The minimum Gasteiger partial charge on any atom is -0.467 e. The molecule has 0 bridgehead atoms. The van der Waals surface area contributed by atoms with Gasteiger partial charge < -0.3 is 20.4 Å². The Morgan fingerprint density at radius 2 is 1.52 bits per heavy atom. The lowest BCUT2D eigenvalue weighted by atomic mass is 10.0. The van der Waals surface area contributed by atoms with E-state index in [2.05, 4.69) is 16.0 Å². The van der Waals surface area contributed by atoms with Crippen LogP contribution in [0.4, 0.5) is 0 Å². The van der Waals surface area contributed by atoms with Crippen LogP contribution in [-0.2, 0) is 14.4 Å². The lowest BCUT2D eigenvalue weighted by Gasteiger charge is -2.23. The minimum absolute atomic E-state index is 0.131. The first-order valence-corrected chi connectivity index (χ1v) is 7.63. The summed E-state index contributed by atoms with van der Waals surface area (Å²) in [6, 6.07) is 1.86. The van der Waals surface area contributed by atoms with Gasteiger partial charge in [0, 0.05) is 6.92 Å². The maximum atomic E-state index is 12.3. The molecule has 128 valence electrons. The zero-order chi connectivity index (χ0) is 17.6. The summed E-state index contributed by atoms with van der Waals surface area (Å²) in [6.07, 6.45) is 1.55. The summed E-state index contributed by atoms with van der Waals surface area (Å²) in [5.74, 6) is -0.238. The van der Waals surface area contributed by atoms with Crippen LogP contribution in [0.1, 0.15) is 46.4 Å². The third-order valence-corrected chi connectivity index (χ3v) is 3.38. The topological polar surface area (TPSA) is 100 Å². The lowest BCUT2D eigenvalue weighted by molar-refractivity contribution is -0.131. The molecule has 0 saturated carbocycles. The molecule has 1 aromatic rings. The van der Waals surface area contributed by atoms with Crippen LogP contribution < -0.4 is 16.0 Å². The fraction of sp³-hybridized carbons (Fsp3) is 0.562. The van der Waals surface area contributed by atoms with Crippen molar-refractivity contribution in [3.8, 4) is 0 Å². The molecule has 0 saturated heterocycles. The van der Waals surface area contributed by atoms with Crippen molar-refractivity contribution in [3.05, 3.63) is 24.2 Å². The van der Waals surface area contributed by atoms with E-state index in [0.717, 1.165) is 0 Å². The highest BCUT2D eigenvalue weighted by Gasteiger charge is 2.25. The first-order valence-electron chi connectivity index (χ1n) is 7.63. The van der Waals surface area contributed by atoms with Crippen LogP contribution in [-0.4, -0.2) is 29.8 Å². The van der Waals surface area contributed by atoms with Crippen molar-refractivity contribution in [3.63, 3.8) is 0 Å². The number of carbonyl (C=O) groups is 3. The smallest absolute Gasteiger partial charge is 0.242 e. The van der Waals surface area contributed by atoms with E-state index >= 15 is 0 Å². The van der Waals surface area contributed by atoms with Crippen LogP contribution in [0, 0.1) is 5.92 Å². The van der Waals surface area contributed by atoms with E-state index in [9.17, 15) is 14.4 Å².